The van der Waals surface area contributed by atoms with Gasteiger partial charge in [-0.25, -0.2) is 4.98 Å². The van der Waals surface area contributed by atoms with E-state index in [1.54, 1.807) is 7.11 Å². The second kappa shape index (κ2) is 11.0. The minimum Gasteiger partial charge on any atom is -0.497 e. The van der Waals surface area contributed by atoms with Crippen LogP contribution in [0.3, 0.4) is 0 Å². The van der Waals surface area contributed by atoms with Crippen LogP contribution in [0.25, 0.3) is 0 Å². The van der Waals surface area contributed by atoms with Gasteiger partial charge >= 0.3 is 0 Å². The molecule has 0 saturated carbocycles. The molecule has 0 spiro atoms. The van der Waals surface area contributed by atoms with E-state index in [0.717, 1.165) is 35.1 Å². The number of nitrogens with zero attached hydrogens (tertiary/aromatic N) is 3. The average Bonchev–Trinajstić information content (AvgIpc) is 3.15. The average molecular weight is 405 g/mol. The summed E-state index contributed by atoms with van der Waals surface area (Å²) in [7, 11) is 1.67. The first-order valence-corrected chi connectivity index (χ1v) is 10.8. The summed E-state index contributed by atoms with van der Waals surface area (Å²) >= 11 is 1.40. The van der Waals surface area contributed by atoms with Crippen LogP contribution in [-0.4, -0.2) is 41.0 Å². The predicted molar refractivity (Wildman–Crippen MR) is 115 cm³/mol. The van der Waals surface area contributed by atoms with Crippen molar-refractivity contribution in [3.8, 4) is 5.75 Å². The van der Waals surface area contributed by atoms with Crippen LogP contribution in [0, 0.1) is 0 Å². The molecule has 1 aromatic heterocycles. The minimum atomic E-state index is 0.0868. The lowest BCUT2D eigenvalue weighted by Gasteiger charge is -2.27. The van der Waals surface area contributed by atoms with E-state index in [-0.39, 0.29) is 11.9 Å². The molecule has 0 radical (unpaired) electrons. The third-order valence-electron chi connectivity index (χ3n) is 4.92. The van der Waals surface area contributed by atoms with Crippen LogP contribution in [0.5, 0.6) is 5.75 Å². The van der Waals surface area contributed by atoms with Crippen molar-refractivity contribution < 1.29 is 9.53 Å². The highest BCUT2D eigenvalue weighted by Gasteiger charge is 2.19. The highest BCUT2D eigenvalue weighted by Crippen LogP contribution is 2.23. The Morgan fingerprint density at radius 3 is 2.75 bits per heavy atom. The number of anilines is 1. The summed E-state index contributed by atoms with van der Waals surface area (Å²) in [6.45, 7) is 9.05. The van der Waals surface area contributed by atoms with Gasteiger partial charge in [-0.2, -0.15) is 4.37 Å². The van der Waals surface area contributed by atoms with E-state index in [1.807, 2.05) is 25.1 Å². The quantitative estimate of drug-likeness (QED) is 0.612. The molecular formula is C21H32N4O2S. The number of hydrogen-bond acceptors (Lipinski definition) is 6. The molecule has 6 nitrogen and oxygen atoms in total. The van der Waals surface area contributed by atoms with Crippen LogP contribution in [0.4, 0.5) is 5.13 Å². The summed E-state index contributed by atoms with van der Waals surface area (Å²) in [5.41, 5.74) is 1.12. The van der Waals surface area contributed by atoms with Gasteiger partial charge in [-0.15, -0.1) is 0 Å². The van der Waals surface area contributed by atoms with Crippen molar-refractivity contribution in [1.29, 1.82) is 0 Å². The Hall–Kier alpha value is -2.15. The molecular weight excluding hydrogens is 372 g/mol. The van der Waals surface area contributed by atoms with Crippen molar-refractivity contribution in [3.63, 3.8) is 0 Å². The van der Waals surface area contributed by atoms with E-state index in [0.29, 0.717) is 25.4 Å². The lowest BCUT2D eigenvalue weighted by atomic mass is 10.1. The number of rotatable bonds is 11. The Kier molecular flexibility index (Phi) is 8.70. The number of carbonyl (C=O) groups excluding carboxylic acids is 1. The summed E-state index contributed by atoms with van der Waals surface area (Å²) in [6.07, 6.45) is 3.04. The van der Waals surface area contributed by atoms with Crippen LogP contribution in [0.2, 0.25) is 0 Å². The standard InChI is InChI=1S/C21H32N4O2S/c1-6-15(3)22-20(26)11-12-25(16(4)7-2)21-23-19(24-28-21)14-17-9-8-10-18(13-17)27-5/h8-10,13,15-16H,6-7,11-12,14H2,1-5H3,(H,22,26)/t15-,16+/m1/s1. The summed E-state index contributed by atoms with van der Waals surface area (Å²) in [5.74, 6) is 1.72. The second-order valence-corrected chi connectivity index (χ2v) is 7.83. The molecule has 0 aliphatic rings. The lowest BCUT2D eigenvalue weighted by Crippen LogP contribution is -2.38. The van der Waals surface area contributed by atoms with Gasteiger partial charge in [0.05, 0.1) is 7.11 Å². The van der Waals surface area contributed by atoms with E-state index in [4.69, 9.17) is 9.72 Å². The van der Waals surface area contributed by atoms with E-state index >= 15 is 0 Å². The molecule has 28 heavy (non-hydrogen) atoms. The van der Waals surface area contributed by atoms with Crippen molar-refractivity contribution in [1.82, 2.24) is 14.7 Å². The van der Waals surface area contributed by atoms with E-state index in [9.17, 15) is 4.79 Å². The molecule has 1 heterocycles. The van der Waals surface area contributed by atoms with Gasteiger partial charge in [0.25, 0.3) is 0 Å². The van der Waals surface area contributed by atoms with E-state index < -0.39 is 0 Å². The van der Waals surface area contributed by atoms with Crippen molar-refractivity contribution >= 4 is 22.6 Å². The number of aromatic nitrogens is 2. The predicted octanol–water partition coefficient (Wildman–Crippen LogP) is 4.05. The van der Waals surface area contributed by atoms with Gasteiger partial charge in [0.2, 0.25) is 11.0 Å². The van der Waals surface area contributed by atoms with Crippen LogP contribution in [0.15, 0.2) is 24.3 Å². The normalized spacial score (nSPS) is 13.0. The molecule has 0 aliphatic carbocycles. The number of methoxy groups -OCH3 is 1. The van der Waals surface area contributed by atoms with Gasteiger partial charge in [0.1, 0.15) is 11.6 Å². The summed E-state index contributed by atoms with van der Waals surface area (Å²) in [6, 6.07) is 8.47. The van der Waals surface area contributed by atoms with Gasteiger partial charge in [0, 0.05) is 43.0 Å². The first-order valence-electron chi connectivity index (χ1n) is 9.98. The van der Waals surface area contributed by atoms with Gasteiger partial charge in [-0.3, -0.25) is 4.79 Å². The fraction of sp³-hybridized carbons (Fsp3) is 0.571. The maximum atomic E-state index is 12.2. The van der Waals surface area contributed by atoms with Gasteiger partial charge in [-0.1, -0.05) is 26.0 Å². The van der Waals surface area contributed by atoms with Crippen molar-refractivity contribution in [3.05, 3.63) is 35.7 Å². The smallest absolute Gasteiger partial charge is 0.221 e. The topological polar surface area (TPSA) is 67.4 Å². The summed E-state index contributed by atoms with van der Waals surface area (Å²) in [5, 5.41) is 3.91. The van der Waals surface area contributed by atoms with E-state index in [2.05, 4.69) is 41.4 Å². The zero-order valence-corrected chi connectivity index (χ0v) is 18.4. The Labute approximate surface area is 172 Å². The number of benzene rings is 1. The molecule has 2 aromatic rings. The molecule has 1 aromatic carbocycles. The van der Waals surface area contributed by atoms with Gasteiger partial charge in [0.15, 0.2) is 0 Å². The summed E-state index contributed by atoms with van der Waals surface area (Å²) in [4.78, 5) is 19.1. The minimum absolute atomic E-state index is 0.0868. The second-order valence-electron chi connectivity index (χ2n) is 7.10. The molecule has 0 aliphatic heterocycles. The molecule has 0 fully saturated rings. The zero-order chi connectivity index (χ0) is 20.5. The molecule has 0 bridgehead atoms. The maximum Gasteiger partial charge on any atom is 0.221 e. The maximum absolute atomic E-state index is 12.2. The highest BCUT2D eigenvalue weighted by molar-refractivity contribution is 7.09. The van der Waals surface area contributed by atoms with Crippen LogP contribution in [0.1, 0.15) is 58.3 Å². The molecule has 0 unspecified atom stereocenters. The van der Waals surface area contributed by atoms with Crippen molar-refractivity contribution in [2.45, 2.75) is 65.5 Å². The number of nitrogens with one attached hydrogen (secondary N) is 1. The van der Waals surface area contributed by atoms with Gasteiger partial charge < -0.3 is 15.0 Å². The third-order valence-corrected chi connectivity index (χ3v) is 5.71. The monoisotopic (exact) mass is 404 g/mol. The zero-order valence-electron chi connectivity index (χ0n) is 17.6. The third kappa shape index (κ3) is 6.48. The highest BCUT2D eigenvalue weighted by atomic mass is 32.1. The molecule has 7 heteroatoms. The number of ether oxygens (including phenoxy) is 1. The summed E-state index contributed by atoms with van der Waals surface area (Å²) < 4.78 is 9.83. The number of carbonyl (C=O) groups is 1. The first-order chi connectivity index (χ1) is 13.5. The molecule has 2 rings (SSSR count). The Bertz CT molecular complexity index is 750. The number of amides is 1. The SMILES string of the molecule is CC[C@@H](C)NC(=O)CCN(c1nc(Cc2cccc(OC)c2)ns1)[C@@H](C)CC. The van der Waals surface area contributed by atoms with Crippen LogP contribution < -0.4 is 15.0 Å². The fourth-order valence-electron chi connectivity index (χ4n) is 2.79. The molecule has 1 amide bonds. The lowest BCUT2D eigenvalue weighted by molar-refractivity contribution is -0.121. The van der Waals surface area contributed by atoms with Crippen molar-refractivity contribution in [2.75, 3.05) is 18.6 Å². The van der Waals surface area contributed by atoms with Crippen molar-refractivity contribution in [2.24, 2.45) is 0 Å². The Balaban J connectivity index is 2.05. The molecule has 0 saturated heterocycles. The molecule has 1 N–H and O–H groups in total. The largest absolute Gasteiger partial charge is 0.497 e. The van der Waals surface area contributed by atoms with Crippen LogP contribution >= 0.6 is 11.5 Å². The van der Waals surface area contributed by atoms with E-state index in [1.165, 1.54) is 11.5 Å². The fourth-order valence-corrected chi connectivity index (χ4v) is 3.61. The number of hydrogen-bond donors (Lipinski definition) is 1. The van der Waals surface area contributed by atoms with Crippen LogP contribution in [-0.2, 0) is 11.2 Å². The first kappa shape index (κ1) is 22.1. The Morgan fingerprint density at radius 2 is 2.07 bits per heavy atom. The molecule has 154 valence electrons. The van der Waals surface area contributed by atoms with Gasteiger partial charge in [-0.05, 0) is 44.4 Å². The molecule has 2 atom stereocenters. The Morgan fingerprint density at radius 1 is 1.29 bits per heavy atom.